The molecule has 0 heterocycles. The summed E-state index contributed by atoms with van der Waals surface area (Å²) in [5.41, 5.74) is 0. The van der Waals surface area contributed by atoms with E-state index in [9.17, 15) is 26.3 Å². The molecule has 0 aliphatic heterocycles. The van der Waals surface area contributed by atoms with E-state index in [1.165, 1.54) is 0 Å². The van der Waals surface area contributed by atoms with Gasteiger partial charge in [-0.15, -0.1) is 0 Å². The van der Waals surface area contributed by atoms with Crippen molar-refractivity contribution in [1.29, 1.82) is 0 Å². The van der Waals surface area contributed by atoms with Gasteiger partial charge in [-0.2, -0.15) is 26.3 Å². The van der Waals surface area contributed by atoms with Crippen molar-refractivity contribution in [1.82, 2.24) is 4.90 Å². The van der Waals surface area contributed by atoms with E-state index in [0.717, 1.165) is 4.90 Å². The predicted octanol–water partition coefficient (Wildman–Crippen LogP) is 3.59. The van der Waals surface area contributed by atoms with Crippen molar-refractivity contribution in [3.8, 4) is 0 Å². The van der Waals surface area contributed by atoms with E-state index in [4.69, 9.17) is 0 Å². The lowest BCUT2D eigenvalue weighted by atomic mass is 10.3. The van der Waals surface area contributed by atoms with E-state index in [0.29, 0.717) is 5.33 Å². The first kappa shape index (κ1) is 16.0. The number of hydrogen-bond acceptors (Lipinski definition) is 1. The summed E-state index contributed by atoms with van der Waals surface area (Å²) in [7, 11) is 0. The van der Waals surface area contributed by atoms with Crippen LogP contribution in [0.2, 0.25) is 0 Å². The van der Waals surface area contributed by atoms with Gasteiger partial charge in [0, 0.05) is 18.3 Å². The molecule has 0 rings (SSSR count). The Labute approximate surface area is 97.9 Å². The first-order valence-electron chi connectivity index (χ1n) is 4.56. The summed E-state index contributed by atoms with van der Waals surface area (Å²) in [4.78, 5) is 0.959. The van der Waals surface area contributed by atoms with Gasteiger partial charge >= 0.3 is 12.4 Å². The highest BCUT2D eigenvalue weighted by atomic mass is 79.9. The molecule has 0 radical (unpaired) electrons. The van der Waals surface area contributed by atoms with Gasteiger partial charge in [-0.25, -0.2) is 0 Å². The summed E-state index contributed by atoms with van der Waals surface area (Å²) in [5, 5.41) is 0.301. The van der Waals surface area contributed by atoms with Crippen molar-refractivity contribution < 1.29 is 26.3 Å². The summed E-state index contributed by atoms with van der Waals surface area (Å²) in [6.07, 6.45) is -10.0. The molecule has 0 aromatic rings. The van der Waals surface area contributed by atoms with Crippen LogP contribution in [0.15, 0.2) is 0 Å². The number of nitrogens with zero attached hydrogens (tertiary/aromatic N) is 1. The lowest BCUT2D eigenvalue weighted by Crippen LogP contribution is -2.36. The Kier molecular flexibility index (Phi) is 6.69. The molecular weight excluding hydrogens is 304 g/mol. The molecule has 0 saturated carbocycles. The van der Waals surface area contributed by atoms with Gasteiger partial charge in [0.2, 0.25) is 0 Å². The molecule has 0 amide bonds. The summed E-state index contributed by atoms with van der Waals surface area (Å²) in [6, 6.07) is 0. The first-order chi connectivity index (χ1) is 7.14. The zero-order valence-corrected chi connectivity index (χ0v) is 9.92. The normalized spacial score (nSPS) is 13.5. The topological polar surface area (TPSA) is 3.24 Å². The first-order valence-corrected chi connectivity index (χ1v) is 5.68. The van der Waals surface area contributed by atoms with E-state index in [2.05, 4.69) is 15.9 Å². The van der Waals surface area contributed by atoms with Gasteiger partial charge < -0.3 is 0 Å². The van der Waals surface area contributed by atoms with Crippen molar-refractivity contribution >= 4 is 15.9 Å². The van der Waals surface area contributed by atoms with Crippen molar-refractivity contribution in [2.45, 2.75) is 25.2 Å². The van der Waals surface area contributed by atoms with E-state index in [1.54, 1.807) is 0 Å². The van der Waals surface area contributed by atoms with Gasteiger partial charge in [0.25, 0.3) is 0 Å². The Bertz CT molecular complexity index is 190. The van der Waals surface area contributed by atoms with Crippen molar-refractivity contribution in [2.75, 3.05) is 25.0 Å². The lowest BCUT2D eigenvalue weighted by Gasteiger charge is -2.22. The highest BCUT2D eigenvalue weighted by Gasteiger charge is 2.31. The zero-order chi connectivity index (χ0) is 12.8. The number of rotatable bonds is 6. The molecule has 98 valence electrons. The van der Waals surface area contributed by atoms with E-state index < -0.39 is 25.3 Å². The van der Waals surface area contributed by atoms with Crippen LogP contribution in [-0.2, 0) is 0 Å². The average molecular weight is 316 g/mol. The van der Waals surface area contributed by atoms with Crippen LogP contribution in [0.4, 0.5) is 26.3 Å². The molecule has 0 saturated heterocycles. The third-order valence-electron chi connectivity index (χ3n) is 1.74. The minimum atomic E-state index is -4.37. The summed E-state index contributed by atoms with van der Waals surface area (Å²) < 4.78 is 71.4. The highest BCUT2D eigenvalue weighted by Crippen LogP contribution is 2.22. The Morgan fingerprint density at radius 2 is 1.44 bits per heavy atom. The maximum absolute atomic E-state index is 12.0. The summed E-state index contributed by atoms with van der Waals surface area (Å²) >= 11 is 2.96. The van der Waals surface area contributed by atoms with Gasteiger partial charge in [-0.1, -0.05) is 15.9 Å². The maximum Gasteiger partial charge on any atom is 0.401 e. The number of halogens is 7. The van der Waals surface area contributed by atoms with Crippen LogP contribution in [0.5, 0.6) is 0 Å². The van der Waals surface area contributed by atoms with Crippen LogP contribution >= 0.6 is 15.9 Å². The molecule has 0 aromatic carbocycles. The van der Waals surface area contributed by atoms with Crippen LogP contribution in [0.25, 0.3) is 0 Å². The van der Waals surface area contributed by atoms with Gasteiger partial charge in [-0.3, -0.25) is 4.90 Å². The molecule has 0 N–H and O–H groups in total. The monoisotopic (exact) mass is 315 g/mol. The average Bonchev–Trinajstić information content (AvgIpc) is 1.98. The smallest absolute Gasteiger partial charge is 0.294 e. The SMILES string of the molecule is FC(F)(F)CCCN(CCBr)CC(F)(F)F. The largest absolute Gasteiger partial charge is 0.401 e. The predicted molar refractivity (Wildman–Crippen MR) is 51.6 cm³/mol. The van der Waals surface area contributed by atoms with Crippen LogP contribution < -0.4 is 0 Å². The summed E-state index contributed by atoms with van der Waals surface area (Å²) in [6.45, 7) is -1.29. The maximum atomic E-state index is 12.0. The minimum Gasteiger partial charge on any atom is -0.294 e. The molecule has 16 heavy (non-hydrogen) atoms. The van der Waals surface area contributed by atoms with Gasteiger partial charge in [0.05, 0.1) is 6.54 Å². The molecular formula is C8H12BrF6N. The Balaban J connectivity index is 3.95. The summed E-state index contributed by atoms with van der Waals surface area (Å²) in [5.74, 6) is 0. The second-order valence-corrected chi connectivity index (χ2v) is 4.09. The number of hydrogen-bond donors (Lipinski definition) is 0. The standard InChI is InChI=1S/C8H12BrF6N/c9-3-5-16(6-8(13,14)15)4-1-2-7(10,11)12/h1-6H2. The highest BCUT2D eigenvalue weighted by molar-refractivity contribution is 9.09. The quantitative estimate of drug-likeness (QED) is 0.535. The Morgan fingerprint density at radius 1 is 0.875 bits per heavy atom. The molecule has 1 nitrogen and oxygen atoms in total. The van der Waals surface area contributed by atoms with Gasteiger partial charge in [0.1, 0.15) is 0 Å². The van der Waals surface area contributed by atoms with Crippen LogP contribution in [-0.4, -0.2) is 42.2 Å². The Hall–Kier alpha value is 0.0200. The van der Waals surface area contributed by atoms with E-state index in [1.807, 2.05) is 0 Å². The molecule has 0 fully saturated rings. The molecule has 0 bridgehead atoms. The molecule has 0 aromatic heterocycles. The van der Waals surface area contributed by atoms with Crippen molar-refractivity contribution in [3.05, 3.63) is 0 Å². The lowest BCUT2D eigenvalue weighted by molar-refractivity contribution is -0.149. The zero-order valence-electron chi connectivity index (χ0n) is 8.34. The fourth-order valence-corrected chi connectivity index (χ4v) is 1.65. The third kappa shape index (κ3) is 10.5. The third-order valence-corrected chi connectivity index (χ3v) is 2.09. The van der Waals surface area contributed by atoms with E-state index in [-0.39, 0.29) is 19.5 Å². The number of alkyl halides is 7. The van der Waals surface area contributed by atoms with E-state index >= 15 is 0 Å². The fraction of sp³-hybridized carbons (Fsp3) is 1.00. The van der Waals surface area contributed by atoms with Crippen LogP contribution in [0, 0.1) is 0 Å². The molecule has 0 spiro atoms. The molecule has 0 unspecified atom stereocenters. The fourth-order valence-electron chi connectivity index (χ4n) is 1.15. The van der Waals surface area contributed by atoms with Crippen LogP contribution in [0.1, 0.15) is 12.8 Å². The van der Waals surface area contributed by atoms with Gasteiger partial charge in [0.15, 0.2) is 0 Å². The van der Waals surface area contributed by atoms with Crippen molar-refractivity contribution in [3.63, 3.8) is 0 Å². The minimum absolute atomic E-state index is 0.0807. The van der Waals surface area contributed by atoms with Crippen molar-refractivity contribution in [2.24, 2.45) is 0 Å². The second-order valence-electron chi connectivity index (χ2n) is 3.30. The van der Waals surface area contributed by atoms with Crippen LogP contribution in [0.3, 0.4) is 0 Å². The molecule has 0 aliphatic carbocycles. The second kappa shape index (κ2) is 6.68. The van der Waals surface area contributed by atoms with Gasteiger partial charge in [-0.05, 0) is 13.0 Å². The molecule has 8 heteroatoms. The molecule has 0 aliphatic rings. The Morgan fingerprint density at radius 3 is 1.81 bits per heavy atom. The molecule has 0 atom stereocenters.